The van der Waals surface area contributed by atoms with Crippen molar-refractivity contribution in [2.75, 3.05) is 0 Å². The van der Waals surface area contributed by atoms with E-state index in [1.807, 2.05) is 61.5 Å². The average molecular weight is 387 g/mol. The van der Waals surface area contributed by atoms with Crippen molar-refractivity contribution in [2.24, 2.45) is 0 Å². The maximum Gasteiger partial charge on any atom is 0.264 e. The molecule has 2 heterocycles. The first-order valence-electron chi connectivity index (χ1n) is 9.42. The highest BCUT2D eigenvalue weighted by Crippen LogP contribution is 2.13. The largest absolute Gasteiger partial charge is 0.352 e. The Kier molecular flexibility index (Phi) is 5.20. The number of fused-ring (bicyclic) bond motifs is 1. The van der Waals surface area contributed by atoms with Crippen LogP contribution >= 0.6 is 0 Å². The summed E-state index contributed by atoms with van der Waals surface area (Å²) < 4.78 is 3.08. The van der Waals surface area contributed by atoms with Gasteiger partial charge in [-0.15, -0.1) is 0 Å². The molecule has 1 N–H and O–H groups in total. The van der Waals surface area contributed by atoms with Gasteiger partial charge in [0, 0.05) is 19.5 Å². The lowest BCUT2D eigenvalue weighted by molar-refractivity contribution is -0.121. The number of carbonyl (C=O) groups is 1. The monoisotopic (exact) mass is 387 g/mol. The van der Waals surface area contributed by atoms with Crippen molar-refractivity contribution in [2.45, 2.75) is 26.4 Å². The standard InChI is InChI=1S/C22H21N5O2/c1-16-7-9-17(10-8-16)13-23-20(28)11-12-26-15-24-21-19(22(26)29)14-25-27(21)18-5-3-2-4-6-18/h2-10,14-15H,11-13H2,1H3,(H,23,28). The third-order valence-corrected chi connectivity index (χ3v) is 4.75. The third-order valence-electron chi connectivity index (χ3n) is 4.75. The minimum Gasteiger partial charge on any atom is -0.352 e. The van der Waals surface area contributed by atoms with Gasteiger partial charge in [0.05, 0.1) is 18.2 Å². The van der Waals surface area contributed by atoms with Gasteiger partial charge in [-0.3, -0.25) is 14.2 Å². The molecule has 0 unspecified atom stereocenters. The minimum absolute atomic E-state index is 0.113. The molecule has 0 fully saturated rings. The van der Waals surface area contributed by atoms with Crippen LogP contribution in [0.2, 0.25) is 0 Å². The minimum atomic E-state index is -0.205. The molecule has 4 aromatic rings. The number of aryl methyl sites for hydroxylation is 2. The summed E-state index contributed by atoms with van der Waals surface area (Å²) in [6, 6.07) is 17.5. The van der Waals surface area contributed by atoms with Crippen molar-refractivity contribution in [1.29, 1.82) is 0 Å². The van der Waals surface area contributed by atoms with Gasteiger partial charge >= 0.3 is 0 Å². The molecule has 2 aromatic carbocycles. The fourth-order valence-corrected chi connectivity index (χ4v) is 3.08. The zero-order valence-corrected chi connectivity index (χ0v) is 16.1. The fourth-order valence-electron chi connectivity index (χ4n) is 3.08. The number of aromatic nitrogens is 4. The van der Waals surface area contributed by atoms with E-state index >= 15 is 0 Å². The van der Waals surface area contributed by atoms with Gasteiger partial charge < -0.3 is 5.32 Å². The normalized spacial score (nSPS) is 10.9. The summed E-state index contributed by atoms with van der Waals surface area (Å²) in [6.07, 6.45) is 3.19. The van der Waals surface area contributed by atoms with E-state index in [0.29, 0.717) is 17.6 Å². The second-order valence-electron chi connectivity index (χ2n) is 6.88. The number of nitrogens with zero attached hydrogens (tertiary/aromatic N) is 4. The van der Waals surface area contributed by atoms with Crippen LogP contribution in [0.15, 0.2) is 71.9 Å². The first-order chi connectivity index (χ1) is 14.1. The molecule has 146 valence electrons. The zero-order valence-electron chi connectivity index (χ0n) is 16.1. The molecule has 0 spiro atoms. The molecule has 0 aliphatic rings. The number of benzene rings is 2. The predicted molar refractivity (Wildman–Crippen MR) is 111 cm³/mol. The maximum atomic E-state index is 12.7. The maximum absolute atomic E-state index is 12.7. The number of carbonyl (C=O) groups excluding carboxylic acids is 1. The smallest absolute Gasteiger partial charge is 0.264 e. The first-order valence-corrected chi connectivity index (χ1v) is 9.42. The number of hydrogen-bond acceptors (Lipinski definition) is 4. The Hall–Kier alpha value is -3.74. The van der Waals surface area contributed by atoms with Gasteiger partial charge in [0.1, 0.15) is 5.39 Å². The van der Waals surface area contributed by atoms with Gasteiger partial charge in [-0.25, -0.2) is 9.67 Å². The first kappa shape index (κ1) is 18.6. The topological polar surface area (TPSA) is 81.8 Å². The average Bonchev–Trinajstić information content (AvgIpc) is 3.18. The van der Waals surface area contributed by atoms with Crippen molar-refractivity contribution in [3.05, 3.63) is 88.6 Å². The van der Waals surface area contributed by atoms with Crippen LogP contribution in [0.4, 0.5) is 0 Å². The van der Waals surface area contributed by atoms with Crippen LogP contribution in [0.3, 0.4) is 0 Å². The summed E-state index contributed by atoms with van der Waals surface area (Å²) in [6.45, 7) is 2.75. The van der Waals surface area contributed by atoms with E-state index in [2.05, 4.69) is 15.4 Å². The number of hydrogen-bond donors (Lipinski definition) is 1. The molecular weight excluding hydrogens is 366 g/mol. The molecule has 7 nitrogen and oxygen atoms in total. The molecule has 0 aliphatic carbocycles. The highest BCUT2D eigenvalue weighted by molar-refractivity contribution is 5.76. The van der Waals surface area contributed by atoms with E-state index in [9.17, 15) is 9.59 Å². The second-order valence-corrected chi connectivity index (χ2v) is 6.88. The van der Waals surface area contributed by atoms with E-state index < -0.39 is 0 Å². The van der Waals surface area contributed by atoms with Crippen molar-refractivity contribution in [3.63, 3.8) is 0 Å². The molecule has 0 bridgehead atoms. The Balaban J connectivity index is 1.43. The van der Waals surface area contributed by atoms with E-state index in [0.717, 1.165) is 11.3 Å². The van der Waals surface area contributed by atoms with Crippen LogP contribution < -0.4 is 10.9 Å². The number of amides is 1. The molecule has 0 radical (unpaired) electrons. The Labute approximate surface area is 167 Å². The lowest BCUT2D eigenvalue weighted by atomic mass is 10.1. The predicted octanol–water partition coefficient (Wildman–Crippen LogP) is 2.60. The SMILES string of the molecule is Cc1ccc(CNC(=O)CCn2cnc3c(cnn3-c3ccccc3)c2=O)cc1. The summed E-state index contributed by atoms with van der Waals surface area (Å²) in [7, 11) is 0. The Bertz CT molecular complexity index is 1190. The van der Waals surface area contributed by atoms with Gasteiger partial charge in [0.15, 0.2) is 5.65 Å². The summed E-state index contributed by atoms with van der Waals surface area (Å²) in [5, 5.41) is 7.60. The van der Waals surface area contributed by atoms with Crippen LogP contribution in [0.25, 0.3) is 16.7 Å². The zero-order chi connectivity index (χ0) is 20.2. The van der Waals surface area contributed by atoms with E-state index in [1.165, 1.54) is 22.7 Å². The van der Waals surface area contributed by atoms with Crippen molar-refractivity contribution >= 4 is 16.9 Å². The summed E-state index contributed by atoms with van der Waals surface area (Å²) in [5.74, 6) is -0.113. The lowest BCUT2D eigenvalue weighted by Crippen LogP contribution is -2.27. The summed E-state index contributed by atoms with van der Waals surface area (Å²) in [4.78, 5) is 29.3. The van der Waals surface area contributed by atoms with Crippen LogP contribution in [0.1, 0.15) is 17.5 Å². The van der Waals surface area contributed by atoms with Gasteiger partial charge in [0.25, 0.3) is 5.56 Å². The van der Waals surface area contributed by atoms with Crippen LogP contribution in [-0.4, -0.2) is 25.2 Å². The molecule has 1 amide bonds. The summed E-state index contributed by atoms with van der Waals surface area (Å²) >= 11 is 0. The molecule has 4 rings (SSSR count). The van der Waals surface area contributed by atoms with Crippen LogP contribution in [0.5, 0.6) is 0 Å². The van der Waals surface area contributed by atoms with Gasteiger partial charge in [-0.1, -0.05) is 48.0 Å². The van der Waals surface area contributed by atoms with Crippen molar-refractivity contribution in [1.82, 2.24) is 24.6 Å². The molecule has 29 heavy (non-hydrogen) atoms. The third kappa shape index (κ3) is 4.08. The van der Waals surface area contributed by atoms with E-state index in [1.54, 1.807) is 4.68 Å². The highest BCUT2D eigenvalue weighted by Gasteiger charge is 2.12. The second kappa shape index (κ2) is 8.10. The van der Waals surface area contributed by atoms with Crippen LogP contribution in [0, 0.1) is 6.92 Å². The van der Waals surface area contributed by atoms with Gasteiger partial charge in [-0.2, -0.15) is 5.10 Å². The van der Waals surface area contributed by atoms with E-state index in [4.69, 9.17) is 0 Å². The quantitative estimate of drug-likeness (QED) is 0.551. The molecule has 0 saturated heterocycles. The Morgan fingerprint density at radius 1 is 1.07 bits per heavy atom. The van der Waals surface area contributed by atoms with Gasteiger partial charge in [0.2, 0.25) is 5.91 Å². The Morgan fingerprint density at radius 2 is 1.83 bits per heavy atom. The summed E-state index contributed by atoms with van der Waals surface area (Å²) in [5.41, 5.74) is 3.35. The molecule has 2 aromatic heterocycles. The number of nitrogens with one attached hydrogen (secondary N) is 1. The molecule has 0 atom stereocenters. The number of para-hydroxylation sites is 1. The van der Waals surface area contributed by atoms with Gasteiger partial charge in [-0.05, 0) is 24.6 Å². The lowest BCUT2D eigenvalue weighted by Gasteiger charge is -2.08. The Morgan fingerprint density at radius 3 is 2.59 bits per heavy atom. The van der Waals surface area contributed by atoms with Crippen molar-refractivity contribution in [3.8, 4) is 5.69 Å². The van der Waals surface area contributed by atoms with Crippen LogP contribution in [-0.2, 0) is 17.9 Å². The number of rotatable bonds is 6. The molecular formula is C22H21N5O2. The highest BCUT2D eigenvalue weighted by atomic mass is 16.1. The molecule has 0 aliphatic heterocycles. The molecule has 7 heteroatoms. The fraction of sp³-hybridized carbons (Fsp3) is 0.182. The molecule has 0 saturated carbocycles. The van der Waals surface area contributed by atoms with Crippen molar-refractivity contribution < 1.29 is 4.79 Å². The van der Waals surface area contributed by atoms with E-state index in [-0.39, 0.29) is 24.4 Å².